The van der Waals surface area contributed by atoms with Crippen LogP contribution in [0.5, 0.6) is 0 Å². The first-order chi connectivity index (χ1) is 8.52. The van der Waals surface area contributed by atoms with Crippen molar-refractivity contribution in [1.29, 1.82) is 0 Å². The minimum atomic E-state index is -0.385. The van der Waals surface area contributed by atoms with Crippen molar-refractivity contribution in [3.63, 3.8) is 0 Å². The predicted octanol–water partition coefficient (Wildman–Crippen LogP) is 3.26. The maximum Gasteiger partial charge on any atom is 0.0916 e. The molecule has 2 nitrogen and oxygen atoms in total. The Bertz CT molecular complexity index is 331. The molecule has 1 unspecified atom stereocenters. The molecule has 0 amide bonds. The van der Waals surface area contributed by atoms with E-state index in [1.165, 1.54) is 12.0 Å². The monoisotopic (exact) mass is 249 g/mol. The minimum Gasteiger partial charge on any atom is -0.387 e. The average Bonchev–Trinajstić information content (AvgIpc) is 2.29. The van der Waals surface area contributed by atoms with Gasteiger partial charge in [-0.15, -0.1) is 0 Å². The summed E-state index contributed by atoms with van der Waals surface area (Å²) in [4.78, 5) is 2.19. The van der Waals surface area contributed by atoms with E-state index in [9.17, 15) is 5.11 Å². The minimum absolute atomic E-state index is 0.385. The Morgan fingerprint density at radius 2 is 1.72 bits per heavy atom. The lowest BCUT2D eigenvalue weighted by Crippen LogP contribution is -2.28. The Kier molecular flexibility index (Phi) is 6.37. The highest BCUT2D eigenvalue weighted by Crippen LogP contribution is 2.16. The van der Waals surface area contributed by atoms with Crippen LogP contribution < -0.4 is 0 Å². The van der Waals surface area contributed by atoms with Crippen LogP contribution in [0.25, 0.3) is 0 Å². The lowest BCUT2D eigenvalue weighted by atomic mass is 10.0. The van der Waals surface area contributed by atoms with E-state index in [4.69, 9.17) is 0 Å². The number of hydrogen-bond donors (Lipinski definition) is 1. The number of rotatable bonds is 7. The summed E-state index contributed by atoms with van der Waals surface area (Å²) in [6, 6.07) is 8.37. The number of aliphatic hydroxyl groups is 1. The maximum atomic E-state index is 10.2. The van der Waals surface area contributed by atoms with E-state index in [1.54, 1.807) is 0 Å². The fourth-order valence-corrected chi connectivity index (χ4v) is 2.29. The molecule has 2 heteroatoms. The zero-order valence-electron chi connectivity index (χ0n) is 12.2. The molecule has 0 aliphatic carbocycles. The first kappa shape index (κ1) is 15.2. The van der Waals surface area contributed by atoms with Gasteiger partial charge in [0.1, 0.15) is 0 Å². The van der Waals surface area contributed by atoms with Gasteiger partial charge in [-0.25, -0.2) is 0 Å². The van der Waals surface area contributed by atoms with Gasteiger partial charge in [-0.05, 0) is 30.5 Å². The second kappa shape index (κ2) is 7.55. The topological polar surface area (TPSA) is 23.5 Å². The van der Waals surface area contributed by atoms with E-state index in [-0.39, 0.29) is 6.10 Å². The molecule has 1 aromatic rings. The molecule has 0 spiro atoms. The third-order valence-corrected chi connectivity index (χ3v) is 3.06. The summed E-state index contributed by atoms with van der Waals surface area (Å²) in [6.45, 7) is 8.30. The van der Waals surface area contributed by atoms with E-state index >= 15 is 0 Å². The number of benzene rings is 1. The molecule has 0 saturated heterocycles. The first-order valence-electron chi connectivity index (χ1n) is 6.98. The smallest absolute Gasteiger partial charge is 0.0916 e. The van der Waals surface area contributed by atoms with Crippen LogP contribution >= 0.6 is 0 Å². The van der Waals surface area contributed by atoms with Gasteiger partial charge in [-0.1, -0.05) is 51.5 Å². The number of likely N-dealkylation sites (N-methyl/N-ethyl adjacent to an activating group) is 1. The van der Waals surface area contributed by atoms with Crippen LogP contribution in [0.1, 0.15) is 44.4 Å². The molecule has 18 heavy (non-hydrogen) atoms. The van der Waals surface area contributed by atoms with Gasteiger partial charge in [-0.3, -0.25) is 0 Å². The molecule has 0 fully saturated rings. The molecule has 0 aliphatic heterocycles. The molecule has 102 valence electrons. The fourth-order valence-electron chi connectivity index (χ4n) is 2.29. The SMILES string of the molecule is CCCc1ccc(C(O)CN(C)CC(C)C)cc1. The summed E-state index contributed by atoms with van der Waals surface area (Å²) in [5.74, 6) is 0.633. The zero-order chi connectivity index (χ0) is 13.5. The highest BCUT2D eigenvalue weighted by molar-refractivity contribution is 5.24. The number of aryl methyl sites for hydroxylation is 1. The van der Waals surface area contributed by atoms with Crippen molar-refractivity contribution in [2.24, 2.45) is 5.92 Å². The number of nitrogens with zero attached hydrogens (tertiary/aromatic N) is 1. The molecule has 1 atom stereocenters. The van der Waals surface area contributed by atoms with Crippen molar-refractivity contribution in [1.82, 2.24) is 4.90 Å². The van der Waals surface area contributed by atoms with Crippen molar-refractivity contribution in [2.75, 3.05) is 20.1 Å². The maximum absolute atomic E-state index is 10.2. The molecule has 1 N–H and O–H groups in total. The van der Waals surface area contributed by atoms with Gasteiger partial charge < -0.3 is 10.0 Å². The molecular formula is C16H27NO. The van der Waals surface area contributed by atoms with Crippen molar-refractivity contribution in [3.8, 4) is 0 Å². The van der Waals surface area contributed by atoms with E-state index in [0.29, 0.717) is 12.5 Å². The van der Waals surface area contributed by atoms with Crippen LogP contribution in [0, 0.1) is 5.92 Å². The van der Waals surface area contributed by atoms with Crippen LogP contribution in [0.2, 0.25) is 0 Å². The second-order valence-electron chi connectivity index (χ2n) is 5.62. The summed E-state index contributed by atoms with van der Waals surface area (Å²) in [7, 11) is 2.06. The second-order valence-corrected chi connectivity index (χ2v) is 5.62. The highest BCUT2D eigenvalue weighted by Gasteiger charge is 2.11. The largest absolute Gasteiger partial charge is 0.387 e. The van der Waals surface area contributed by atoms with E-state index in [2.05, 4.69) is 57.0 Å². The average molecular weight is 249 g/mol. The standard InChI is InChI=1S/C16H27NO/c1-5-6-14-7-9-15(10-8-14)16(18)12-17(4)11-13(2)3/h7-10,13,16,18H,5-6,11-12H2,1-4H3. The van der Waals surface area contributed by atoms with Crippen LogP contribution in [0.15, 0.2) is 24.3 Å². The van der Waals surface area contributed by atoms with E-state index < -0.39 is 0 Å². The summed E-state index contributed by atoms with van der Waals surface area (Å²) in [5.41, 5.74) is 2.37. The molecule has 0 bridgehead atoms. The molecule has 0 saturated carbocycles. The third kappa shape index (κ3) is 5.19. The normalized spacial score (nSPS) is 13.3. The summed E-state index contributed by atoms with van der Waals surface area (Å²) < 4.78 is 0. The third-order valence-electron chi connectivity index (χ3n) is 3.06. The zero-order valence-corrected chi connectivity index (χ0v) is 12.2. The highest BCUT2D eigenvalue weighted by atomic mass is 16.3. The molecule has 0 radical (unpaired) electrons. The van der Waals surface area contributed by atoms with Crippen molar-refractivity contribution in [3.05, 3.63) is 35.4 Å². The van der Waals surface area contributed by atoms with Crippen molar-refractivity contribution in [2.45, 2.75) is 39.7 Å². The van der Waals surface area contributed by atoms with E-state index in [1.807, 2.05) is 0 Å². The molecular weight excluding hydrogens is 222 g/mol. The van der Waals surface area contributed by atoms with Crippen LogP contribution in [-0.2, 0) is 6.42 Å². The summed E-state index contributed by atoms with van der Waals surface area (Å²) in [6.07, 6.45) is 1.90. The van der Waals surface area contributed by atoms with Crippen LogP contribution in [0.4, 0.5) is 0 Å². The quantitative estimate of drug-likeness (QED) is 0.802. The van der Waals surface area contributed by atoms with Gasteiger partial charge in [-0.2, -0.15) is 0 Å². The van der Waals surface area contributed by atoms with Crippen LogP contribution in [-0.4, -0.2) is 30.1 Å². The molecule has 1 rings (SSSR count). The molecule has 0 aliphatic rings. The Morgan fingerprint density at radius 1 is 1.11 bits per heavy atom. The van der Waals surface area contributed by atoms with Gasteiger partial charge in [0.15, 0.2) is 0 Å². The van der Waals surface area contributed by atoms with E-state index in [0.717, 1.165) is 18.5 Å². The van der Waals surface area contributed by atoms with Gasteiger partial charge >= 0.3 is 0 Å². The first-order valence-corrected chi connectivity index (χ1v) is 6.98. The predicted molar refractivity (Wildman–Crippen MR) is 77.7 cm³/mol. The van der Waals surface area contributed by atoms with Crippen LogP contribution in [0.3, 0.4) is 0 Å². The summed E-state index contributed by atoms with van der Waals surface area (Å²) in [5, 5.41) is 10.2. The Hall–Kier alpha value is -0.860. The number of aliphatic hydroxyl groups excluding tert-OH is 1. The van der Waals surface area contributed by atoms with Gasteiger partial charge in [0, 0.05) is 13.1 Å². The fraction of sp³-hybridized carbons (Fsp3) is 0.625. The van der Waals surface area contributed by atoms with Gasteiger partial charge in [0.2, 0.25) is 0 Å². The van der Waals surface area contributed by atoms with Crippen molar-refractivity contribution >= 4 is 0 Å². The molecule has 1 aromatic carbocycles. The van der Waals surface area contributed by atoms with Gasteiger partial charge in [0.25, 0.3) is 0 Å². The lowest BCUT2D eigenvalue weighted by molar-refractivity contribution is 0.121. The molecule has 0 heterocycles. The van der Waals surface area contributed by atoms with Gasteiger partial charge in [0.05, 0.1) is 6.10 Å². The lowest BCUT2D eigenvalue weighted by Gasteiger charge is -2.22. The summed E-state index contributed by atoms with van der Waals surface area (Å²) >= 11 is 0. The number of hydrogen-bond acceptors (Lipinski definition) is 2. The Balaban J connectivity index is 2.52. The Morgan fingerprint density at radius 3 is 2.22 bits per heavy atom. The Labute approximate surface area is 112 Å². The molecule has 0 aromatic heterocycles. The van der Waals surface area contributed by atoms with Crippen molar-refractivity contribution < 1.29 is 5.11 Å².